The summed E-state index contributed by atoms with van der Waals surface area (Å²) in [6, 6.07) is 15.3. The number of halogens is 1. The van der Waals surface area contributed by atoms with Gasteiger partial charge in [-0.2, -0.15) is 0 Å². The second-order valence-electron chi connectivity index (χ2n) is 6.88. The lowest BCUT2D eigenvalue weighted by Gasteiger charge is -2.19. The minimum absolute atomic E-state index is 0.0311. The zero-order chi connectivity index (χ0) is 20.3. The topological polar surface area (TPSA) is 57.6 Å². The molecule has 28 heavy (non-hydrogen) atoms. The second kappa shape index (κ2) is 8.48. The van der Waals surface area contributed by atoms with Crippen molar-refractivity contribution in [3.63, 3.8) is 0 Å². The summed E-state index contributed by atoms with van der Waals surface area (Å²) in [5.41, 5.74) is 2.71. The molecule has 0 saturated heterocycles. The van der Waals surface area contributed by atoms with E-state index >= 15 is 0 Å². The van der Waals surface area contributed by atoms with E-state index in [1.54, 1.807) is 30.9 Å². The number of fused-ring (bicyclic) bond motifs is 1. The van der Waals surface area contributed by atoms with Crippen molar-refractivity contribution in [2.75, 3.05) is 26.5 Å². The first-order valence-electron chi connectivity index (χ1n) is 8.89. The summed E-state index contributed by atoms with van der Waals surface area (Å²) in [4.78, 5) is 27.7. The van der Waals surface area contributed by atoms with Gasteiger partial charge in [-0.15, -0.1) is 0 Å². The molecule has 0 fully saturated rings. The van der Waals surface area contributed by atoms with Gasteiger partial charge in [-0.25, -0.2) is 4.79 Å². The van der Waals surface area contributed by atoms with Crippen molar-refractivity contribution in [1.82, 2.24) is 14.4 Å². The van der Waals surface area contributed by atoms with Crippen LogP contribution < -0.4 is 5.32 Å². The molecule has 7 heteroatoms. The number of carbonyl (C=O) groups is 2. The molecule has 0 bridgehead atoms. The molecule has 3 amide bonds. The van der Waals surface area contributed by atoms with Crippen molar-refractivity contribution in [3.05, 3.63) is 64.8 Å². The summed E-state index contributed by atoms with van der Waals surface area (Å²) in [6.45, 7) is 0.787. The van der Waals surface area contributed by atoms with E-state index < -0.39 is 0 Å². The Morgan fingerprint density at radius 2 is 1.82 bits per heavy atom. The molecule has 3 rings (SSSR count). The van der Waals surface area contributed by atoms with Crippen LogP contribution in [-0.2, 0) is 17.9 Å². The molecule has 1 heterocycles. The zero-order valence-corrected chi connectivity index (χ0v) is 17.7. The third kappa shape index (κ3) is 4.54. The molecule has 0 saturated carbocycles. The maximum atomic E-state index is 12.5. The molecule has 1 N–H and O–H groups in total. The Labute approximate surface area is 172 Å². The van der Waals surface area contributed by atoms with Gasteiger partial charge in [0, 0.05) is 54.9 Å². The van der Waals surface area contributed by atoms with Crippen molar-refractivity contribution in [2.24, 2.45) is 0 Å². The number of amides is 3. The van der Waals surface area contributed by atoms with Crippen LogP contribution in [-0.4, -0.2) is 47.4 Å². The fraction of sp³-hybridized carbons (Fsp3) is 0.238. The predicted octanol–water partition coefficient (Wildman–Crippen LogP) is 4.16. The number of rotatable bonds is 5. The summed E-state index contributed by atoms with van der Waals surface area (Å²) in [5, 5.41) is 3.90. The summed E-state index contributed by atoms with van der Waals surface area (Å²) >= 11 is 3.51. The van der Waals surface area contributed by atoms with E-state index in [-0.39, 0.29) is 18.5 Å². The van der Waals surface area contributed by atoms with Crippen LogP contribution in [0.5, 0.6) is 0 Å². The van der Waals surface area contributed by atoms with E-state index in [1.807, 2.05) is 59.3 Å². The Morgan fingerprint density at radius 1 is 1.07 bits per heavy atom. The molecular formula is C21H23BrN4O2. The Morgan fingerprint density at radius 3 is 2.54 bits per heavy atom. The normalized spacial score (nSPS) is 10.7. The lowest BCUT2D eigenvalue weighted by atomic mass is 10.2. The minimum atomic E-state index is -0.183. The van der Waals surface area contributed by atoms with E-state index in [1.165, 1.54) is 0 Å². The van der Waals surface area contributed by atoms with E-state index in [2.05, 4.69) is 21.2 Å². The number of nitrogens with one attached hydrogen (secondary N) is 1. The van der Waals surface area contributed by atoms with Gasteiger partial charge in [-0.3, -0.25) is 4.79 Å². The number of carbonyl (C=O) groups excluding carboxylic acids is 2. The SMILES string of the molecule is CN(C)C(=O)Cn1ccc2cc(NC(=O)N(C)Cc3ccccc3Br)ccc21. The summed E-state index contributed by atoms with van der Waals surface area (Å²) in [6.07, 6.45) is 1.89. The molecule has 0 atom stereocenters. The number of anilines is 1. The summed E-state index contributed by atoms with van der Waals surface area (Å²) < 4.78 is 2.88. The highest BCUT2D eigenvalue weighted by atomic mass is 79.9. The standard InChI is InChI=1S/C21H23BrN4O2/c1-24(2)20(27)14-26-11-10-15-12-17(8-9-19(15)26)23-21(28)25(3)13-16-6-4-5-7-18(16)22/h4-12H,13-14H2,1-3H3,(H,23,28). The Bertz CT molecular complexity index is 1010. The highest BCUT2D eigenvalue weighted by Crippen LogP contribution is 2.22. The van der Waals surface area contributed by atoms with Gasteiger partial charge >= 0.3 is 6.03 Å². The Hall–Kier alpha value is -2.80. The number of nitrogens with zero attached hydrogens (tertiary/aromatic N) is 3. The van der Waals surface area contributed by atoms with Crippen LogP contribution in [0, 0.1) is 0 Å². The maximum absolute atomic E-state index is 12.5. The molecule has 0 radical (unpaired) electrons. The number of benzene rings is 2. The van der Waals surface area contributed by atoms with Gasteiger partial charge in [0.1, 0.15) is 6.54 Å². The average molecular weight is 443 g/mol. The first kappa shape index (κ1) is 19.9. The average Bonchev–Trinajstić information content (AvgIpc) is 3.05. The van der Waals surface area contributed by atoms with E-state index in [9.17, 15) is 9.59 Å². The largest absolute Gasteiger partial charge is 0.347 e. The van der Waals surface area contributed by atoms with Gasteiger partial charge in [0.15, 0.2) is 0 Å². The Balaban J connectivity index is 1.69. The molecule has 3 aromatic rings. The third-order valence-electron chi connectivity index (χ3n) is 4.54. The van der Waals surface area contributed by atoms with Crippen molar-refractivity contribution in [3.8, 4) is 0 Å². The van der Waals surface area contributed by atoms with E-state index in [0.29, 0.717) is 12.2 Å². The van der Waals surface area contributed by atoms with Crippen LogP contribution in [0.15, 0.2) is 59.2 Å². The molecule has 0 aliphatic carbocycles. The number of likely N-dealkylation sites (N-methyl/N-ethyl adjacent to an activating group) is 1. The quantitative estimate of drug-likeness (QED) is 0.644. The summed E-state index contributed by atoms with van der Waals surface area (Å²) in [7, 11) is 5.24. The van der Waals surface area contributed by atoms with Crippen LogP contribution in [0.25, 0.3) is 10.9 Å². The lowest BCUT2D eigenvalue weighted by Crippen LogP contribution is -2.30. The number of urea groups is 1. The Kier molecular flexibility index (Phi) is 6.04. The van der Waals surface area contributed by atoms with Crippen LogP contribution in [0.3, 0.4) is 0 Å². The predicted molar refractivity (Wildman–Crippen MR) is 115 cm³/mol. The number of hydrogen-bond donors (Lipinski definition) is 1. The van der Waals surface area contributed by atoms with Gasteiger partial charge in [0.2, 0.25) is 5.91 Å². The van der Waals surface area contributed by atoms with Crippen molar-refractivity contribution < 1.29 is 9.59 Å². The second-order valence-corrected chi connectivity index (χ2v) is 7.74. The van der Waals surface area contributed by atoms with E-state index in [4.69, 9.17) is 0 Å². The molecular weight excluding hydrogens is 420 g/mol. The van der Waals surface area contributed by atoms with Gasteiger partial charge in [0.25, 0.3) is 0 Å². The fourth-order valence-electron chi connectivity index (χ4n) is 2.88. The van der Waals surface area contributed by atoms with Crippen molar-refractivity contribution >= 4 is 44.5 Å². The fourth-order valence-corrected chi connectivity index (χ4v) is 3.29. The van der Waals surface area contributed by atoms with Crippen LogP contribution in [0.1, 0.15) is 5.56 Å². The molecule has 0 aliphatic heterocycles. The highest BCUT2D eigenvalue weighted by molar-refractivity contribution is 9.10. The minimum Gasteiger partial charge on any atom is -0.347 e. The molecule has 6 nitrogen and oxygen atoms in total. The number of hydrogen-bond acceptors (Lipinski definition) is 2. The molecule has 146 valence electrons. The van der Waals surface area contributed by atoms with Crippen LogP contribution >= 0.6 is 15.9 Å². The van der Waals surface area contributed by atoms with Gasteiger partial charge in [-0.05, 0) is 35.9 Å². The van der Waals surface area contributed by atoms with Gasteiger partial charge < -0.3 is 19.7 Å². The maximum Gasteiger partial charge on any atom is 0.321 e. The summed E-state index contributed by atoms with van der Waals surface area (Å²) in [5.74, 6) is 0.0311. The first-order chi connectivity index (χ1) is 13.3. The zero-order valence-electron chi connectivity index (χ0n) is 16.1. The van der Waals surface area contributed by atoms with Crippen molar-refractivity contribution in [2.45, 2.75) is 13.1 Å². The number of aromatic nitrogens is 1. The molecule has 2 aromatic carbocycles. The molecule has 0 aliphatic rings. The van der Waals surface area contributed by atoms with Crippen LogP contribution in [0.4, 0.5) is 10.5 Å². The molecule has 0 spiro atoms. The monoisotopic (exact) mass is 442 g/mol. The van der Waals surface area contributed by atoms with Crippen molar-refractivity contribution in [1.29, 1.82) is 0 Å². The highest BCUT2D eigenvalue weighted by Gasteiger charge is 2.12. The van der Waals surface area contributed by atoms with Crippen LogP contribution in [0.2, 0.25) is 0 Å². The lowest BCUT2D eigenvalue weighted by molar-refractivity contribution is -0.129. The molecule has 0 unspecified atom stereocenters. The smallest absolute Gasteiger partial charge is 0.321 e. The molecule has 1 aromatic heterocycles. The van der Waals surface area contributed by atoms with Gasteiger partial charge in [0.05, 0.1) is 0 Å². The third-order valence-corrected chi connectivity index (χ3v) is 5.31. The van der Waals surface area contributed by atoms with Gasteiger partial charge in [-0.1, -0.05) is 34.1 Å². The van der Waals surface area contributed by atoms with E-state index in [0.717, 1.165) is 20.9 Å². The first-order valence-corrected chi connectivity index (χ1v) is 9.69.